The van der Waals surface area contributed by atoms with Crippen LogP contribution in [-0.2, 0) is 13.5 Å². The van der Waals surface area contributed by atoms with Crippen LogP contribution in [-0.4, -0.2) is 48.6 Å². The molecule has 8 nitrogen and oxygen atoms in total. The largest absolute Gasteiger partial charge is 0.361 e. The summed E-state index contributed by atoms with van der Waals surface area (Å²) in [5.41, 5.74) is 3.47. The monoisotopic (exact) mass is 366 g/mol. The quantitative estimate of drug-likeness (QED) is 0.703. The van der Waals surface area contributed by atoms with Gasteiger partial charge in [-0.1, -0.05) is 5.16 Å². The van der Waals surface area contributed by atoms with Gasteiger partial charge in [0.25, 0.3) is 5.91 Å². The van der Waals surface area contributed by atoms with Gasteiger partial charge < -0.3 is 14.0 Å². The summed E-state index contributed by atoms with van der Waals surface area (Å²) in [6.45, 7) is 5.23. The average Bonchev–Trinajstić information content (AvgIpc) is 3.37. The van der Waals surface area contributed by atoms with Gasteiger partial charge in [0.2, 0.25) is 0 Å². The summed E-state index contributed by atoms with van der Waals surface area (Å²) in [6, 6.07) is 0. The van der Waals surface area contributed by atoms with E-state index in [2.05, 4.69) is 20.1 Å². The minimum Gasteiger partial charge on any atom is -0.361 e. The predicted octanol–water partition coefficient (Wildman–Crippen LogP) is 2.19. The Balaban J connectivity index is 1.52. The predicted molar refractivity (Wildman–Crippen MR) is 97.9 cm³/mol. The minimum absolute atomic E-state index is 0.0184. The fourth-order valence-corrected chi connectivity index (χ4v) is 3.72. The molecule has 4 rings (SSSR count). The molecular formula is C19H22N6O2. The Bertz CT molecular complexity index is 957. The van der Waals surface area contributed by atoms with Crippen LogP contribution < -0.4 is 0 Å². The molecule has 8 heteroatoms. The van der Waals surface area contributed by atoms with E-state index >= 15 is 0 Å². The van der Waals surface area contributed by atoms with Gasteiger partial charge in [0.05, 0.1) is 22.6 Å². The molecule has 1 amide bonds. The first-order valence-electron chi connectivity index (χ1n) is 9.04. The lowest BCUT2D eigenvalue weighted by Gasteiger charge is -2.16. The van der Waals surface area contributed by atoms with E-state index in [0.29, 0.717) is 18.3 Å². The second-order valence-corrected chi connectivity index (χ2v) is 7.02. The van der Waals surface area contributed by atoms with Gasteiger partial charge in [-0.05, 0) is 32.6 Å². The number of carbonyl (C=O) groups excluding carboxylic acids is 1. The summed E-state index contributed by atoms with van der Waals surface area (Å²) in [4.78, 5) is 27.8. The molecule has 1 saturated heterocycles. The fraction of sp³-hybridized carbons (Fsp3) is 0.421. The van der Waals surface area contributed by atoms with Crippen molar-refractivity contribution in [1.82, 2.24) is 29.6 Å². The maximum Gasteiger partial charge on any atom is 0.289 e. The number of hydrogen-bond acceptors (Lipinski definition) is 6. The SMILES string of the molecule is Cc1noc(C)c1-c1nccnc1C[C@@H]1CCN(C(=O)c2nccn2C)C1. The highest BCUT2D eigenvalue weighted by Crippen LogP contribution is 2.30. The zero-order chi connectivity index (χ0) is 19.0. The van der Waals surface area contributed by atoms with E-state index in [-0.39, 0.29) is 5.91 Å². The molecule has 0 aromatic carbocycles. The van der Waals surface area contributed by atoms with Gasteiger partial charge in [0.15, 0.2) is 5.82 Å². The van der Waals surface area contributed by atoms with Crippen LogP contribution in [0.1, 0.15) is 34.2 Å². The number of nitrogens with zero attached hydrogens (tertiary/aromatic N) is 6. The summed E-state index contributed by atoms with van der Waals surface area (Å²) in [6.07, 6.45) is 8.54. The van der Waals surface area contributed by atoms with Gasteiger partial charge in [-0.15, -0.1) is 0 Å². The molecule has 1 atom stereocenters. The van der Waals surface area contributed by atoms with Crippen LogP contribution in [0.25, 0.3) is 11.3 Å². The molecule has 1 aliphatic rings. The van der Waals surface area contributed by atoms with Crippen molar-refractivity contribution in [3.63, 3.8) is 0 Å². The Hall–Kier alpha value is -3.03. The van der Waals surface area contributed by atoms with Crippen molar-refractivity contribution in [2.75, 3.05) is 13.1 Å². The highest BCUT2D eigenvalue weighted by molar-refractivity contribution is 5.91. The molecule has 3 aromatic heterocycles. The van der Waals surface area contributed by atoms with Crippen LogP contribution in [0.5, 0.6) is 0 Å². The third-order valence-corrected chi connectivity index (χ3v) is 5.11. The van der Waals surface area contributed by atoms with Gasteiger partial charge in [-0.2, -0.15) is 0 Å². The summed E-state index contributed by atoms with van der Waals surface area (Å²) < 4.78 is 7.05. The second kappa shape index (κ2) is 6.94. The van der Waals surface area contributed by atoms with Crippen molar-refractivity contribution in [2.24, 2.45) is 13.0 Å². The third kappa shape index (κ3) is 3.22. The van der Waals surface area contributed by atoms with Crippen molar-refractivity contribution < 1.29 is 9.32 Å². The van der Waals surface area contributed by atoms with Crippen molar-refractivity contribution in [1.29, 1.82) is 0 Å². The van der Waals surface area contributed by atoms with E-state index in [1.807, 2.05) is 25.8 Å². The zero-order valence-electron chi connectivity index (χ0n) is 15.7. The summed E-state index contributed by atoms with van der Waals surface area (Å²) in [5.74, 6) is 1.54. The van der Waals surface area contributed by atoms with Gasteiger partial charge in [0, 0.05) is 44.9 Å². The molecule has 0 bridgehead atoms. The van der Waals surface area contributed by atoms with E-state index in [1.54, 1.807) is 29.4 Å². The number of imidazole rings is 1. The minimum atomic E-state index is -0.0184. The standard InChI is InChI=1S/C19H22N6O2/c1-12-16(13(2)27-23-12)17-15(20-5-6-21-17)10-14-4-8-25(11-14)19(26)18-22-7-9-24(18)3/h5-7,9,14H,4,8,10-11H2,1-3H3/t14-/m0/s1. The molecule has 0 aliphatic carbocycles. The first kappa shape index (κ1) is 17.4. The first-order chi connectivity index (χ1) is 13.0. The van der Waals surface area contributed by atoms with Crippen LogP contribution in [0.15, 0.2) is 29.3 Å². The Labute approximate surface area is 157 Å². The van der Waals surface area contributed by atoms with Crippen molar-refractivity contribution in [3.05, 3.63) is 47.8 Å². The first-order valence-corrected chi connectivity index (χ1v) is 9.04. The lowest BCUT2D eigenvalue weighted by molar-refractivity contribution is 0.0771. The fourth-order valence-electron chi connectivity index (χ4n) is 3.72. The van der Waals surface area contributed by atoms with Crippen molar-refractivity contribution in [2.45, 2.75) is 26.7 Å². The van der Waals surface area contributed by atoms with Gasteiger partial charge in [-0.25, -0.2) is 4.98 Å². The second-order valence-electron chi connectivity index (χ2n) is 7.02. The topological polar surface area (TPSA) is 89.9 Å². The summed E-state index contributed by atoms with van der Waals surface area (Å²) in [7, 11) is 1.84. The molecule has 140 valence electrons. The van der Waals surface area contributed by atoms with E-state index < -0.39 is 0 Å². The van der Waals surface area contributed by atoms with E-state index in [9.17, 15) is 4.79 Å². The molecule has 1 aliphatic heterocycles. The maximum absolute atomic E-state index is 12.7. The van der Waals surface area contributed by atoms with E-state index in [4.69, 9.17) is 4.52 Å². The molecule has 1 fully saturated rings. The smallest absolute Gasteiger partial charge is 0.289 e. The Morgan fingerprint density at radius 3 is 2.74 bits per heavy atom. The average molecular weight is 366 g/mol. The third-order valence-electron chi connectivity index (χ3n) is 5.11. The summed E-state index contributed by atoms with van der Waals surface area (Å²) >= 11 is 0. The molecule has 0 saturated carbocycles. The number of carbonyl (C=O) groups is 1. The highest BCUT2D eigenvalue weighted by atomic mass is 16.5. The molecule has 27 heavy (non-hydrogen) atoms. The van der Waals surface area contributed by atoms with Crippen LogP contribution in [0.3, 0.4) is 0 Å². The van der Waals surface area contributed by atoms with Crippen molar-refractivity contribution in [3.8, 4) is 11.3 Å². The number of aryl methyl sites for hydroxylation is 3. The molecule has 0 N–H and O–H groups in total. The molecule has 0 unspecified atom stereocenters. The molecule has 3 aromatic rings. The lowest BCUT2D eigenvalue weighted by atomic mass is 9.98. The van der Waals surface area contributed by atoms with Crippen LogP contribution in [0, 0.1) is 19.8 Å². The Kier molecular flexibility index (Phi) is 4.47. The zero-order valence-corrected chi connectivity index (χ0v) is 15.7. The van der Waals surface area contributed by atoms with Crippen molar-refractivity contribution >= 4 is 5.91 Å². The number of amides is 1. The Morgan fingerprint density at radius 1 is 1.22 bits per heavy atom. The highest BCUT2D eigenvalue weighted by Gasteiger charge is 2.30. The van der Waals surface area contributed by atoms with E-state index in [1.165, 1.54) is 0 Å². The number of aromatic nitrogens is 5. The van der Waals surface area contributed by atoms with Gasteiger partial charge >= 0.3 is 0 Å². The normalized spacial score (nSPS) is 16.9. The Morgan fingerprint density at radius 2 is 2.04 bits per heavy atom. The molecule has 0 radical (unpaired) electrons. The summed E-state index contributed by atoms with van der Waals surface area (Å²) in [5, 5.41) is 4.03. The number of rotatable bonds is 4. The van der Waals surface area contributed by atoms with Gasteiger partial charge in [0.1, 0.15) is 5.76 Å². The molecular weight excluding hydrogens is 344 g/mol. The molecule has 0 spiro atoms. The van der Waals surface area contributed by atoms with Crippen LogP contribution >= 0.6 is 0 Å². The number of hydrogen-bond donors (Lipinski definition) is 0. The van der Waals surface area contributed by atoms with E-state index in [0.717, 1.165) is 47.8 Å². The van der Waals surface area contributed by atoms with Crippen LogP contribution in [0.4, 0.5) is 0 Å². The molecule has 4 heterocycles. The van der Waals surface area contributed by atoms with Crippen LogP contribution in [0.2, 0.25) is 0 Å². The lowest BCUT2D eigenvalue weighted by Crippen LogP contribution is -2.31. The van der Waals surface area contributed by atoms with Gasteiger partial charge in [-0.3, -0.25) is 14.8 Å². The maximum atomic E-state index is 12.7. The number of likely N-dealkylation sites (tertiary alicyclic amines) is 1.